The van der Waals surface area contributed by atoms with E-state index in [4.69, 9.17) is 23.2 Å². The van der Waals surface area contributed by atoms with Crippen molar-refractivity contribution in [1.82, 2.24) is 0 Å². The molecule has 0 atom stereocenters. The van der Waals surface area contributed by atoms with E-state index < -0.39 is 8.07 Å². The number of hydrogen-bond acceptors (Lipinski definition) is 0. The fraction of sp³-hybridized carbons (Fsp3) is 0.200. The van der Waals surface area contributed by atoms with Gasteiger partial charge in [0.25, 0.3) is 0 Å². The van der Waals surface area contributed by atoms with Gasteiger partial charge in [0.05, 0.1) is 15.6 Å². The fourth-order valence-electron chi connectivity index (χ4n) is 1.66. The largest absolute Gasteiger partial charge is 0.129 e. The van der Waals surface area contributed by atoms with Gasteiger partial charge in [-0.3, -0.25) is 0 Å². The zero-order valence-electron chi connectivity index (χ0n) is 10.6. The number of fused-ring (bicyclic) bond motifs is 1. The Labute approximate surface area is 119 Å². The Morgan fingerprint density at radius 1 is 0.889 bits per heavy atom. The van der Waals surface area contributed by atoms with Gasteiger partial charge < -0.3 is 0 Å². The number of hydrogen-bond donors (Lipinski definition) is 0. The molecule has 0 aromatic carbocycles. The first kappa shape index (κ1) is 13.5. The van der Waals surface area contributed by atoms with Gasteiger partial charge in [0.1, 0.15) is 8.07 Å². The Hall–Kier alpha value is -0.943. The van der Waals surface area contributed by atoms with Gasteiger partial charge in [0.2, 0.25) is 0 Å². The molecular weight excluding hydrogens is 279 g/mol. The minimum Gasteiger partial charge on any atom is -0.127 e. The second-order valence-corrected chi connectivity index (χ2v) is 10.7. The highest BCUT2D eigenvalue weighted by Crippen LogP contribution is 2.42. The molecule has 0 spiro atoms. The molecule has 0 bridgehead atoms. The molecule has 0 unspecified atom stereocenters. The van der Waals surface area contributed by atoms with E-state index in [0.29, 0.717) is 10.0 Å². The molecule has 0 nitrogen and oxygen atoms in total. The molecule has 0 amide bonds. The average Bonchev–Trinajstić information content (AvgIpc) is 2.48. The molecule has 3 heteroatoms. The average molecular weight is 293 g/mol. The van der Waals surface area contributed by atoms with E-state index in [2.05, 4.69) is 31.1 Å². The summed E-state index contributed by atoms with van der Waals surface area (Å²) < 4.78 is 0. The topological polar surface area (TPSA) is 0 Å². The van der Waals surface area contributed by atoms with Gasteiger partial charge in [-0.15, -0.1) is 5.54 Å². The third-order valence-corrected chi connectivity index (χ3v) is 4.17. The van der Waals surface area contributed by atoms with Crippen molar-refractivity contribution in [2.45, 2.75) is 19.6 Å². The Balaban J connectivity index is 2.66. The van der Waals surface area contributed by atoms with Crippen LogP contribution < -0.4 is 0 Å². The van der Waals surface area contributed by atoms with Crippen LogP contribution in [0.3, 0.4) is 0 Å². The van der Waals surface area contributed by atoms with Crippen LogP contribution in [0.15, 0.2) is 30.3 Å². The van der Waals surface area contributed by atoms with Gasteiger partial charge in [0.15, 0.2) is 0 Å². The summed E-state index contributed by atoms with van der Waals surface area (Å²) in [5, 5.41) is 1.33. The van der Waals surface area contributed by atoms with Crippen molar-refractivity contribution in [3.05, 3.63) is 45.9 Å². The van der Waals surface area contributed by atoms with E-state index in [0.717, 1.165) is 16.7 Å². The van der Waals surface area contributed by atoms with Crippen molar-refractivity contribution >= 4 is 31.3 Å². The molecule has 2 aliphatic carbocycles. The Kier molecular flexibility index (Phi) is 3.73. The molecule has 0 fully saturated rings. The zero-order chi connectivity index (χ0) is 13.3. The lowest BCUT2D eigenvalue weighted by molar-refractivity contribution is 1.78. The highest BCUT2D eigenvalue weighted by atomic mass is 35.5. The second-order valence-electron chi connectivity index (χ2n) is 5.24. The van der Waals surface area contributed by atoms with Crippen LogP contribution in [0.25, 0.3) is 11.1 Å². The van der Waals surface area contributed by atoms with Crippen molar-refractivity contribution in [2.24, 2.45) is 0 Å². The number of rotatable bonds is 0. The van der Waals surface area contributed by atoms with E-state index in [1.54, 1.807) is 0 Å². The lowest BCUT2D eigenvalue weighted by atomic mass is 10.2. The highest BCUT2D eigenvalue weighted by molar-refractivity contribution is 6.83. The third kappa shape index (κ3) is 2.72. The Bertz CT molecular complexity index is 578. The predicted octanol–water partition coefficient (Wildman–Crippen LogP) is 5.33. The normalized spacial score (nSPS) is 11.2. The quantitative estimate of drug-likeness (QED) is 0.455. The summed E-state index contributed by atoms with van der Waals surface area (Å²) in [5.74, 6) is 3.17. The van der Waals surface area contributed by atoms with Crippen LogP contribution in [0.4, 0.5) is 0 Å². The molecule has 0 saturated carbocycles. The van der Waals surface area contributed by atoms with Crippen LogP contribution in [-0.4, -0.2) is 8.07 Å². The maximum atomic E-state index is 6.38. The third-order valence-electron chi connectivity index (χ3n) is 2.51. The molecule has 0 aromatic rings. The molecule has 2 rings (SSSR count). The van der Waals surface area contributed by atoms with Crippen LogP contribution in [0.2, 0.25) is 29.7 Å². The van der Waals surface area contributed by atoms with E-state index in [1.165, 1.54) is 0 Å². The van der Waals surface area contributed by atoms with E-state index in [1.807, 2.05) is 30.3 Å². The van der Waals surface area contributed by atoms with E-state index >= 15 is 0 Å². The van der Waals surface area contributed by atoms with Crippen molar-refractivity contribution in [1.29, 1.82) is 0 Å². The van der Waals surface area contributed by atoms with Gasteiger partial charge in [-0.1, -0.05) is 79.1 Å². The van der Waals surface area contributed by atoms with Crippen LogP contribution >= 0.6 is 23.2 Å². The fourth-order valence-corrected chi connectivity index (χ4v) is 2.82. The summed E-state index contributed by atoms with van der Waals surface area (Å²) >= 11 is 12.8. The van der Waals surface area contributed by atoms with Crippen LogP contribution in [0, 0.1) is 11.5 Å². The maximum Gasteiger partial charge on any atom is 0.129 e. The molecule has 2 aliphatic rings. The van der Waals surface area contributed by atoms with Crippen LogP contribution in [0.5, 0.6) is 0 Å². The summed E-state index contributed by atoms with van der Waals surface area (Å²) in [7, 11) is -1.43. The zero-order valence-corrected chi connectivity index (χ0v) is 13.2. The number of halogens is 2. The van der Waals surface area contributed by atoms with Gasteiger partial charge in [0, 0.05) is 11.1 Å². The Morgan fingerprint density at radius 2 is 1.39 bits per heavy atom. The summed E-state index contributed by atoms with van der Waals surface area (Å²) in [5.41, 5.74) is 6.00. The van der Waals surface area contributed by atoms with Gasteiger partial charge in [-0.25, -0.2) is 0 Å². The first-order valence-corrected chi connectivity index (χ1v) is 10.0. The summed E-state index contributed by atoms with van der Waals surface area (Å²) in [6.07, 6.45) is 0. The molecule has 0 heterocycles. The highest BCUT2D eigenvalue weighted by Gasteiger charge is 2.19. The SMILES string of the molecule is C[Si](C)(C)C#Cc1c(Cl)c2cccccc-2c1Cl. The minimum atomic E-state index is -1.43. The van der Waals surface area contributed by atoms with Gasteiger partial charge >= 0.3 is 0 Å². The van der Waals surface area contributed by atoms with Crippen LogP contribution in [0.1, 0.15) is 5.56 Å². The standard InChI is InChI=1S/C15H14Cl2Si/c1-18(2,3)10-9-13-14(16)11-7-5-4-6-8-12(11)15(13)17/h4-8H,1-3H3. The van der Waals surface area contributed by atoms with E-state index in [-0.39, 0.29) is 0 Å². The molecule has 0 aromatic heterocycles. The van der Waals surface area contributed by atoms with Crippen molar-refractivity contribution in [3.8, 4) is 22.6 Å². The Morgan fingerprint density at radius 3 is 1.83 bits per heavy atom. The molecule has 0 radical (unpaired) electrons. The van der Waals surface area contributed by atoms with Crippen molar-refractivity contribution < 1.29 is 0 Å². The molecule has 18 heavy (non-hydrogen) atoms. The smallest absolute Gasteiger partial charge is 0.127 e. The van der Waals surface area contributed by atoms with Crippen molar-refractivity contribution in [3.63, 3.8) is 0 Å². The van der Waals surface area contributed by atoms with Gasteiger partial charge in [-0.2, -0.15) is 0 Å². The van der Waals surface area contributed by atoms with Crippen LogP contribution in [-0.2, 0) is 0 Å². The van der Waals surface area contributed by atoms with Gasteiger partial charge in [-0.05, 0) is 0 Å². The lowest BCUT2D eigenvalue weighted by Gasteiger charge is -2.03. The summed E-state index contributed by atoms with van der Waals surface area (Å²) in [6, 6.07) is 9.83. The molecule has 0 saturated heterocycles. The molecule has 0 N–H and O–H groups in total. The monoisotopic (exact) mass is 292 g/mol. The summed E-state index contributed by atoms with van der Waals surface area (Å²) in [6.45, 7) is 6.60. The lowest BCUT2D eigenvalue weighted by Crippen LogP contribution is -2.16. The molecule has 92 valence electrons. The van der Waals surface area contributed by atoms with E-state index in [9.17, 15) is 0 Å². The summed E-state index contributed by atoms with van der Waals surface area (Å²) in [4.78, 5) is 0. The second kappa shape index (κ2) is 4.97. The maximum absolute atomic E-state index is 6.38. The minimum absolute atomic E-state index is 0.664. The predicted molar refractivity (Wildman–Crippen MR) is 83.3 cm³/mol. The molecular formula is C15H14Cl2Si. The first-order chi connectivity index (χ1) is 8.40. The van der Waals surface area contributed by atoms with Crippen molar-refractivity contribution in [2.75, 3.05) is 0 Å². The first-order valence-electron chi connectivity index (χ1n) is 5.79. The molecule has 0 aliphatic heterocycles.